The molecule has 3 amide bonds. The number of pyridine rings is 1. The molecule has 9 nitrogen and oxygen atoms in total. The molecule has 4 N–H and O–H groups in total. The van der Waals surface area contributed by atoms with E-state index in [-0.39, 0.29) is 18.8 Å². The molecular formula is C28H24N4O5. The summed E-state index contributed by atoms with van der Waals surface area (Å²) in [5.41, 5.74) is 4.26. The lowest BCUT2D eigenvalue weighted by Crippen LogP contribution is -2.23. The van der Waals surface area contributed by atoms with Crippen LogP contribution in [-0.2, 0) is 17.9 Å². The van der Waals surface area contributed by atoms with E-state index in [1.54, 1.807) is 60.9 Å². The third-order valence-corrected chi connectivity index (χ3v) is 5.36. The van der Waals surface area contributed by atoms with Crippen molar-refractivity contribution in [2.75, 3.05) is 10.6 Å². The molecule has 1 aromatic heterocycles. The summed E-state index contributed by atoms with van der Waals surface area (Å²) in [5.74, 6) is -0.408. The molecule has 37 heavy (non-hydrogen) atoms. The zero-order valence-corrected chi connectivity index (χ0v) is 19.7. The van der Waals surface area contributed by atoms with Crippen LogP contribution in [0.25, 0.3) is 11.1 Å². The zero-order chi connectivity index (χ0) is 26.0. The Kier molecular flexibility index (Phi) is 8.07. The Bertz CT molecular complexity index is 1380. The van der Waals surface area contributed by atoms with E-state index in [1.807, 2.05) is 36.4 Å². The first-order valence-electron chi connectivity index (χ1n) is 11.4. The molecule has 0 aliphatic rings. The summed E-state index contributed by atoms with van der Waals surface area (Å²) in [6.07, 6.45) is 1.46. The first-order valence-corrected chi connectivity index (χ1v) is 11.4. The number of aromatic nitrogens is 1. The average molecular weight is 497 g/mol. The number of anilines is 2. The maximum absolute atomic E-state index is 12.9. The predicted molar refractivity (Wildman–Crippen MR) is 139 cm³/mol. The summed E-state index contributed by atoms with van der Waals surface area (Å²) in [6.45, 7) is 0.336. The molecular weight excluding hydrogens is 472 g/mol. The molecule has 0 fully saturated rings. The highest BCUT2D eigenvalue weighted by atomic mass is 16.5. The lowest BCUT2D eigenvalue weighted by molar-refractivity contribution is 0.102. The number of nitrogens with zero attached hydrogens (tertiary/aromatic N) is 1. The fourth-order valence-electron chi connectivity index (χ4n) is 3.51. The Balaban J connectivity index is 1.38. The van der Waals surface area contributed by atoms with Crippen LogP contribution in [0.5, 0.6) is 0 Å². The van der Waals surface area contributed by atoms with Crippen LogP contribution in [0.1, 0.15) is 21.5 Å². The number of benzene rings is 3. The van der Waals surface area contributed by atoms with Gasteiger partial charge in [-0.3, -0.25) is 15.1 Å². The van der Waals surface area contributed by atoms with Crippen LogP contribution in [-0.4, -0.2) is 28.2 Å². The third kappa shape index (κ3) is 7.15. The first kappa shape index (κ1) is 24.9. The smallest absolute Gasteiger partial charge is 0.409 e. The van der Waals surface area contributed by atoms with E-state index in [0.29, 0.717) is 11.3 Å². The van der Waals surface area contributed by atoms with Crippen LogP contribution in [0.15, 0.2) is 97.3 Å². The number of nitrogens with one attached hydrogen (secondary N) is 3. The fraction of sp³-hybridized carbons (Fsp3) is 0.0714. The number of ether oxygens (including phenoxy) is 1. The van der Waals surface area contributed by atoms with E-state index < -0.39 is 18.1 Å². The quantitative estimate of drug-likeness (QED) is 0.254. The minimum atomic E-state index is -1.24. The lowest BCUT2D eigenvalue weighted by Gasteiger charge is -2.13. The normalized spacial score (nSPS) is 10.3. The van der Waals surface area contributed by atoms with Crippen LogP contribution in [0.3, 0.4) is 0 Å². The van der Waals surface area contributed by atoms with Crippen LogP contribution in [0, 0.1) is 0 Å². The van der Waals surface area contributed by atoms with Crippen molar-refractivity contribution in [3.63, 3.8) is 0 Å². The SMILES string of the molecule is O=C(O)Nc1ccc(-c2ccccc2)cc1NC(=O)c1ccc(CNC(=O)OCc2cccnc2)cc1. The Hall–Kier alpha value is -5.18. The minimum absolute atomic E-state index is 0.114. The van der Waals surface area contributed by atoms with Crippen molar-refractivity contribution in [3.05, 3.63) is 114 Å². The van der Waals surface area contributed by atoms with Gasteiger partial charge in [0, 0.05) is 30.1 Å². The van der Waals surface area contributed by atoms with Crippen LogP contribution in [0.2, 0.25) is 0 Å². The van der Waals surface area contributed by atoms with Crippen molar-refractivity contribution < 1.29 is 24.2 Å². The van der Waals surface area contributed by atoms with Gasteiger partial charge in [0.2, 0.25) is 0 Å². The number of hydrogen-bond donors (Lipinski definition) is 4. The average Bonchev–Trinajstić information content (AvgIpc) is 2.92. The summed E-state index contributed by atoms with van der Waals surface area (Å²) in [5, 5.41) is 16.9. The molecule has 1 heterocycles. The van der Waals surface area contributed by atoms with Gasteiger partial charge in [-0.05, 0) is 47.0 Å². The van der Waals surface area contributed by atoms with E-state index in [2.05, 4.69) is 20.9 Å². The molecule has 0 bridgehead atoms. The lowest BCUT2D eigenvalue weighted by atomic mass is 10.0. The van der Waals surface area contributed by atoms with E-state index in [4.69, 9.17) is 4.74 Å². The number of carbonyl (C=O) groups is 3. The molecule has 0 saturated heterocycles. The second-order valence-electron chi connectivity index (χ2n) is 8.00. The molecule has 0 spiro atoms. The topological polar surface area (TPSA) is 130 Å². The van der Waals surface area contributed by atoms with Crippen LogP contribution < -0.4 is 16.0 Å². The predicted octanol–water partition coefficient (Wildman–Crippen LogP) is 5.52. The number of alkyl carbamates (subject to hydrolysis) is 1. The van der Waals surface area contributed by atoms with E-state index in [1.165, 1.54) is 0 Å². The minimum Gasteiger partial charge on any atom is -0.465 e. The highest BCUT2D eigenvalue weighted by Crippen LogP contribution is 2.29. The van der Waals surface area contributed by atoms with Gasteiger partial charge in [-0.2, -0.15) is 0 Å². The first-order chi connectivity index (χ1) is 18.0. The molecule has 186 valence electrons. The standard InChI is InChI=1S/C28H24N4O5/c33-26(31-25-15-23(21-6-2-1-3-7-21)12-13-24(25)32-27(34)35)22-10-8-19(9-11-22)17-30-28(36)37-18-20-5-4-14-29-16-20/h1-16,32H,17-18H2,(H,30,36)(H,31,33)(H,34,35). The van der Waals surface area contributed by atoms with Gasteiger partial charge in [-0.25, -0.2) is 9.59 Å². The monoisotopic (exact) mass is 496 g/mol. The second kappa shape index (κ2) is 12.0. The molecule has 9 heteroatoms. The van der Waals surface area contributed by atoms with Crippen LogP contribution >= 0.6 is 0 Å². The van der Waals surface area contributed by atoms with Gasteiger partial charge < -0.3 is 20.5 Å². The van der Waals surface area contributed by atoms with Gasteiger partial charge in [0.15, 0.2) is 0 Å². The number of hydrogen-bond acceptors (Lipinski definition) is 5. The van der Waals surface area contributed by atoms with Gasteiger partial charge in [-0.1, -0.05) is 54.6 Å². The van der Waals surface area contributed by atoms with Crippen molar-refractivity contribution >= 4 is 29.5 Å². The van der Waals surface area contributed by atoms with Gasteiger partial charge in [0.05, 0.1) is 11.4 Å². The van der Waals surface area contributed by atoms with Crippen LogP contribution in [0.4, 0.5) is 21.0 Å². The van der Waals surface area contributed by atoms with Crippen molar-refractivity contribution in [3.8, 4) is 11.1 Å². The number of carboxylic acid groups (broad SMARTS) is 1. The fourth-order valence-corrected chi connectivity index (χ4v) is 3.51. The second-order valence-corrected chi connectivity index (χ2v) is 8.00. The zero-order valence-electron chi connectivity index (χ0n) is 19.7. The molecule has 0 aliphatic heterocycles. The van der Waals surface area contributed by atoms with E-state index >= 15 is 0 Å². The highest BCUT2D eigenvalue weighted by molar-refractivity contribution is 6.07. The Labute approximate surface area is 213 Å². The summed E-state index contributed by atoms with van der Waals surface area (Å²) in [4.78, 5) is 40.0. The van der Waals surface area contributed by atoms with Gasteiger partial charge in [-0.15, -0.1) is 0 Å². The number of carbonyl (C=O) groups excluding carboxylic acids is 2. The molecule has 0 unspecified atom stereocenters. The van der Waals surface area contributed by atoms with Gasteiger partial charge >= 0.3 is 12.2 Å². The van der Waals surface area contributed by atoms with Crippen molar-refractivity contribution in [1.29, 1.82) is 0 Å². The van der Waals surface area contributed by atoms with E-state index in [0.717, 1.165) is 22.3 Å². The van der Waals surface area contributed by atoms with Crippen molar-refractivity contribution in [2.24, 2.45) is 0 Å². The Morgan fingerprint density at radius 1 is 0.784 bits per heavy atom. The molecule has 0 saturated carbocycles. The number of rotatable bonds is 8. The maximum atomic E-state index is 12.9. The molecule has 0 atom stereocenters. The van der Waals surface area contributed by atoms with Gasteiger partial charge in [0.1, 0.15) is 6.61 Å². The summed E-state index contributed by atoms with van der Waals surface area (Å²) in [6, 6.07) is 24.9. The summed E-state index contributed by atoms with van der Waals surface area (Å²) < 4.78 is 5.16. The highest BCUT2D eigenvalue weighted by Gasteiger charge is 2.13. The largest absolute Gasteiger partial charge is 0.465 e. The summed E-state index contributed by atoms with van der Waals surface area (Å²) in [7, 11) is 0. The van der Waals surface area contributed by atoms with Crippen molar-refractivity contribution in [2.45, 2.75) is 13.2 Å². The summed E-state index contributed by atoms with van der Waals surface area (Å²) >= 11 is 0. The van der Waals surface area contributed by atoms with Crippen molar-refractivity contribution in [1.82, 2.24) is 10.3 Å². The molecule has 0 radical (unpaired) electrons. The van der Waals surface area contributed by atoms with Gasteiger partial charge in [0.25, 0.3) is 5.91 Å². The Morgan fingerprint density at radius 2 is 1.57 bits per heavy atom. The molecule has 4 rings (SSSR count). The number of amides is 3. The molecule has 4 aromatic rings. The third-order valence-electron chi connectivity index (χ3n) is 5.36. The maximum Gasteiger partial charge on any atom is 0.409 e. The Morgan fingerprint density at radius 3 is 2.27 bits per heavy atom. The van der Waals surface area contributed by atoms with E-state index in [9.17, 15) is 19.5 Å². The molecule has 0 aliphatic carbocycles. The molecule has 3 aromatic carbocycles.